The van der Waals surface area contributed by atoms with Gasteiger partial charge in [0.1, 0.15) is 28.8 Å². The zero-order valence-corrected chi connectivity index (χ0v) is 37.5. The smallest absolute Gasteiger partial charge is 0.492 e. The Labute approximate surface area is 376 Å². The van der Waals surface area contributed by atoms with Crippen molar-refractivity contribution in [2.45, 2.75) is 34.7 Å². The molecule has 1 aliphatic rings. The van der Waals surface area contributed by atoms with E-state index in [-0.39, 0.29) is 23.8 Å². The molecule has 1 saturated heterocycles. The Morgan fingerprint density at radius 3 is 2.28 bits per heavy atom. The van der Waals surface area contributed by atoms with Gasteiger partial charge in [-0.15, -0.1) is 0 Å². The van der Waals surface area contributed by atoms with Crippen LogP contribution in [0.3, 0.4) is 0 Å². The summed E-state index contributed by atoms with van der Waals surface area (Å²) in [6, 6.07) is 28.5. The SMILES string of the molecule is CN(C)CCOc1cccc(-c2ccc(Cl)cc2)c1CNCCNc1ccc(C(=O)NS(=O)(=O)c2ccc(NCC3CCOCC3)c(S(=O)(=O)C(F)(F)F)c2)c(Oc2ccccc2)c1. The third-order valence-corrected chi connectivity index (χ3v) is 13.3. The molecule has 0 radical (unpaired) electrons. The summed E-state index contributed by atoms with van der Waals surface area (Å²) in [6.07, 6.45) is 1.21. The average molecular weight is 944 g/mol. The number of nitrogens with zero attached hydrogens (tertiary/aromatic N) is 1. The van der Waals surface area contributed by atoms with Gasteiger partial charge in [-0.2, -0.15) is 13.2 Å². The average Bonchev–Trinajstić information content (AvgIpc) is 3.26. The minimum Gasteiger partial charge on any atom is -0.492 e. The highest BCUT2D eigenvalue weighted by Crippen LogP contribution is 2.37. The molecule has 0 spiro atoms. The molecular formula is C45H49ClF3N5O8S2. The number of rotatable bonds is 20. The third-order valence-electron chi connectivity index (χ3n) is 10.2. The van der Waals surface area contributed by atoms with Crippen LogP contribution in [-0.4, -0.2) is 93.2 Å². The molecule has 0 unspecified atom stereocenters. The molecule has 0 aliphatic carbocycles. The van der Waals surface area contributed by atoms with Crippen LogP contribution in [0.15, 0.2) is 119 Å². The Morgan fingerprint density at radius 1 is 0.844 bits per heavy atom. The molecule has 0 bridgehead atoms. The summed E-state index contributed by atoms with van der Waals surface area (Å²) in [4.78, 5) is 13.6. The van der Waals surface area contributed by atoms with E-state index in [1.807, 2.05) is 66.2 Å². The van der Waals surface area contributed by atoms with Crippen LogP contribution in [0.2, 0.25) is 5.02 Å². The predicted molar refractivity (Wildman–Crippen MR) is 240 cm³/mol. The van der Waals surface area contributed by atoms with Gasteiger partial charge in [-0.25, -0.2) is 21.6 Å². The normalized spacial score (nSPS) is 13.7. The zero-order valence-electron chi connectivity index (χ0n) is 35.1. The van der Waals surface area contributed by atoms with Gasteiger partial charge in [0.25, 0.3) is 25.8 Å². The fourth-order valence-electron chi connectivity index (χ4n) is 6.75. The first kappa shape index (κ1) is 48.1. The van der Waals surface area contributed by atoms with Crippen molar-refractivity contribution in [3.05, 3.63) is 125 Å². The number of hydrogen-bond donors (Lipinski definition) is 4. The van der Waals surface area contributed by atoms with Gasteiger partial charge in [0.2, 0.25) is 0 Å². The van der Waals surface area contributed by atoms with Gasteiger partial charge < -0.3 is 35.1 Å². The molecule has 13 nitrogen and oxygen atoms in total. The maximum absolute atomic E-state index is 13.9. The van der Waals surface area contributed by atoms with Crippen LogP contribution < -0.4 is 30.1 Å². The van der Waals surface area contributed by atoms with Gasteiger partial charge in [0.05, 0.1) is 16.1 Å². The van der Waals surface area contributed by atoms with E-state index in [4.69, 9.17) is 25.8 Å². The van der Waals surface area contributed by atoms with Gasteiger partial charge in [-0.1, -0.05) is 54.1 Å². The Bertz CT molecular complexity index is 2600. The summed E-state index contributed by atoms with van der Waals surface area (Å²) in [5.41, 5.74) is -2.95. The lowest BCUT2D eigenvalue weighted by atomic mass is 9.98. The Hall–Kier alpha value is -5.37. The van der Waals surface area contributed by atoms with Crippen LogP contribution >= 0.6 is 11.6 Å². The quantitative estimate of drug-likeness (QED) is 0.0554. The molecule has 6 rings (SSSR count). The van der Waals surface area contributed by atoms with Crippen LogP contribution in [0.1, 0.15) is 28.8 Å². The minimum atomic E-state index is -6.03. The van der Waals surface area contributed by atoms with Gasteiger partial charge >= 0.3 is 5.51 Å². The second-order valence-electron chi connectivity index (χ2n) is 15.1. The Balaban J connectivity index is 1.18. The lowest BCUT2D eigenvalue weighted by Crippen LogP contribution is -2.31. The molecule has 0 saturated carbocycles. The molecule has 0 aromatic heterocycles. The number of carbonyl (C=O) groups is 1. The fourth-order valence-corrected chi connectivity index (χ4v) is 8.91. The van der Waals surface area contributed by atoms with E-state index < -0.39 is 46.8 Å². The largest absolute Gasteiger partial charge is 0.501 e. The molecule has 5 aromatic rings. The monoisotopic (exact) mass is 943 g/mol. The summed E-state index contributed by atoms with van der Waals surface area (Å²) in [5.74, 6) is -0.155. The lowest BCUT2D eigenvalue weighted by Gasteiger charge is -2.23. The number of nitrogens with one attached hydrogen (secondary N) is 4. The highest BCUT2D eigenvalue weighted by atomic mass is 35.5. The van der Waals surface area contributed by atoms with Crippen molar-refractivity contribution in [2.24, 2.45) is 5.92 Å². The number of sulfone groups is 1. The van der Waals surface area contributed by atoms with Crippen molar-refractivity contribution in [1.29, 1.82) is 0 Å². The summed E-state index contributed by atoms with van der Waals surface area (Å²) >= 11 is 6.17. The van der Waals surface area contributed by atoms with Gasteiger partial charge in [0, 0.05) is 68.3 Å². The van der Waals surface area contributed by atoms with E-state index in [1.54, 1.807) is 36.4 Å². The topological polar surface area (TPSA) is 164 Å². The highest BCUT2D eigenvalue weighted by Gasteiger charge is 2.48. The molecule has 19 heteroatoms. The van der Waals surface area contributed by atoms with Gasteiger partial charge in [0.15, 0.2) is 0 Å². The van der Waals surface area contributed by atoms with Crippen LogP contribution in [-0.2, 0) is 31.1 Å². The van der Waals surface area contributed by atoms with Crippen LogP contribution in [0.4, 0.5) is 24.5 Å². The van der Waals surface area contributed by atoms with Crippen molar-refractivity contribution in [3.8, 4) is 28.4 Å². The van der Waals surface area contributed by atoms with E-state index in [2.05, 4.69) is 16.0 Å². The number of amides is 1. The number of hydrogen-bond acceptors (Lipinski definition) is 12. The molecule has 0 atom stereocenters. The number of benzene rings is 5. The van der Waals surface area contributed by atoms with E-state index in [0.717, 1.165) is 41.1 Å². The first-order valence-corrected chi connectivity index (χ1v) is 23.7. The number of halogens is 4. The van der Waals surface area contributed by atoms with Crippen LogP contribution in [0, 0.1) is 5.92 Å². The van der Waals surface area contributed by atoms with Crippen molar-refractivity contribution in [2.75, 3.05) is 70.7 Å². The first-order valence-electron chi connectivity index (χ1n) is 20.3. The number of para-hydroxylation sites is 1. The zero-order chi connectivity index (χ0) is 45.9. The summed E-state index contributed by atoms with van der Waals surface area (Å²) in [6.45, 7) is 3.61. The Morgan fingerprint density at radius 2 is 1.58 bits per heavy atom. The number of anilines is 2. The molecule has 64 heavy (non-hydrogen) atoms. The predicted octanol–water partition coefficient (Wildman–Crippen LogP) is 8.19. The van der Waals surface area contributed by atoms with Crippen molar-refractivity contribution in [3.63, 3.8) is 0 Å². The molecule has 5 aromatic carbocycles. The number of carbonyl (C=O) groups excluding carboxylic acids is 1. The Kier molecular flexibility index (Phi) is 16.2. The van der Waals surface area contributed by atoms with E-state index in [1.165, 1.54) is 12.1 Å². The summed E-state index contributed by atoms with van der Waals surface area (Å²) < 4.78 is 114. The maximum Gasteiger partial charge on any atom is 0.501 e. The number of sulfonamides is 1. The van der Waals surface area contributed by atoms with E-state index >= 15 is 0 Å². The van der Waals surface area contributed by atoms with Crippen molar-refractivity contribution >= 4 is 48.7 Å². The fraction of sp³-hybridized carbons (Fsp3) is 0.311. The molecule has 1 fully saturated rings. The summed E-state index contributed by atoms with van der Waals surface area (Å²) in [5, 5.41) is 10.1. The number of alkyl halides is 3. The van der Waals surface area contributed by atoms with Gasteiger partial charge in [-0.3, -0.25) is 4.79 Å². The maximum atomic E-state index is 13.9. The minimum absolute atomic E-state index is 0.00929. The molecule has 1 heterocycles. The second kappa shape index (κ2) is 21.5. The van der Waals surface area contributed by atoms with Crippen molar-refractivity contribution in [1.82, 2.24) is 14.9 Å². The first-order chi connectivity index (χ1) is 30.5. The summed E-state index contributed by atoms with van der Waals surface area (Å²) in [7, 11) is -7.02. The molecule has 1 amide bonds. The highest BCUT2D eigenvalue weighted by molar-refractivity contribution is 7.92. The van der Waals surface area contributed by atoms with Crippen LogP contribution in [0.25, 0.3) is 11.1 Å². The lowest BCUT2D eigenvalue weighted by molar-refractivity contribution is -0.0435. The number of likely N-dealkylation sites (N-methyl/N-ethyl adjacent to an activating group) is 1. The van der Waals surface area contributed by atoms with E-state index in [9.17, 15) is 34.8 Å². The molecular weight excluding hydrogens is 895 g/mol. The third kappa shape index (κ3) is 12.7. The van der Waals surface area contributed by atoms with Gasteiger partial charge in [-0.05, 0) is 105 Å². The van der Waals surface area contributed by atoms with Crippen LogP contribution in [0.5, 0.6) is 17.2 Å². The second-order valence-corrected chi connectivity index (χ2v) is 19.2. The number of ether oxygens (including phenoxy) is 3. The molecule has 1 aliphatic heterocycles. The standard InChI is InChI=1S/C45H49ClF3N5O8S2/c1-54(2)23-26-61-41-10-6-9-37(32-11-13-33(46)14-12-32)39(41)30-50-21-22-51-34-15-17-38(42(27-34)62-35-7-4-3-5-8-35)44(55)53-64(58,59)36-16-18-40(52-29-31-19-24-60-25-20-31)43(28-36)63(56,57)45(47,48)49/h3-18,27-28,31,50-52H,19-26,29-30H2,1-2H3,(H,53,55). The van der Waals surface area contributed by atoms with E-state index in [0.29, 0.717) is 74.8 Å². The van der Waals surface area contributed by atoms with Crippen molar-refractivity contribution < 1.29 is 49.0 Å². The molecule has 4 N–H and O–H groups in total. The molecule has 342 valence electrons.